The molecule has 0 fully saturated rings. The summed E-state index contributed by atoms with van der Waals surface area (Å²) in [5.41, 5.74) is 0. The van der Waals surface area contributed by atoms with Crippen molar-refractivity contribution in [2.45, 2.75) is 238 Å². The van der Waals surface area contributed by atoms with Gasteiger partial charge in [-0.05, 0) is 0 Å². The third-order valence-electron chi connectivity index (χ3n) is 11.0. The van der Waals surface area contributed by atoms with Gasteiger partial charge in [-0.25, -0.2) is 0 Å². The smallest absolute Gasteiger partial charge is 0.0654 e. The number of carbonyl (C=O) groups is 3. The van der Waals surface area contributed by atoms with Gasteiger partial charge in [-0.3, -0.25) is 0 Å². The minimum Gasteiger partial charge on any atom is -0.0654 e. The third kappa shape index (κ3) is 43.6. The van der Waals surface area contributed by atoms with Crippen LogP contribution in [0.1, 0.15) is 233 Å². The molecule has 0 bridgehead atoms. The Kier molecular flexibility index (Phi) is 47.4. The van der Waals surface area contributed by atoms with Crippen molar-refractivity contribution >= 4 is 37.5 Å². The molecule has 0 amide bonds. The van der Waals surface area contributed by atoms with Crippen LogP contribution in [0.4, 0.5) is 0 Å². The molecule has 9 nitrogen and oxygen atoms in total. The van der Waals surface area contributed by atoms with Gasteiger partial charge in [-0.2, -0.15) is 0 Å². The van der Waals surface area contributed by atoms with E-state index >= 15 is 0 Å². The van der Waals surface area contributed by atoms with Crippen LogP contribution in [0.25, 0.3) is 0 Å². The molecule has 1 unspecified atom stereocenters. The average molecular weight is 984 g/mol. The quantitative estimate of drug-likeness (QED) is 0.0194. The summed E-state index contributed by atoms with van der Waals surface area (Å²) in [6.07, 6.45) is 47.6. The van der Waals surface area contributed by atoms with E-state index in [1.54, 1.807) is 6.08 Å². The zero-order chi connectivity index (χ0) is 45.3. The Bertz CT molecular complexity index is 1090. The van der Waals surface area contributed by atoms with E-state index in [0.29, 0.717) is 24.3 Å². The minimum absolute atomic E-state index is 0.0384. The molecule has 10 heteroatoms. The van der Waals surface area contributed by atoms with E-state index < -0.39 is 37.5 Å². The van der Waals surface area contributed by atoms with E-state index in [0.717, 1.165) is 76.5 Å². The monoisotopic (exact) mass is 985 g/mol. The Morgan fingerprint density at radius 3 is 1.13 bits per heavy atom. The molecule has 1 atom stereocenters. The molecule has 0 aliphatic heterocycles. The van der Waals surface area contributed by atoms with Gasteiger partial charge in [-0.1, -0.05) is 117 Å². The number of hydrogen-bond donors (Lipinski definition) is 0. The number of carbonyl (C=O) groups excluding carboxylic acids is 3. The molecule has 362 valence electrons. The van der Waals surface area contributed by atoms with Crippen LogP contribution in [-0.4, -0.2) is 77.2 Å². The van der Waals surface area contributed by atoms with Gasteiger partial charge >= 0.3 is 272 Å². The van der Waals surface area contributed by atoms with E-state index in [4.69, 9.17) is 23.4 Å². The summed E-state index contributed by atoms with van der Waals surface area (Å²) in [6, 6.07) is 0. The van der Waals surface area contributed by atoms with Crippen molar-refractivity contribution in [1.82, 2.24) is 0 Å². The van der Waals surface area contributed by atoms with E-state index in [1.165, 1.54) is 154 Å². The predicted molar refractivity (Wildman–Crippen MR) is 259 cm³/mol. The van der Waals surface area contributed by atoms with Gasteiger partial charge in [0, 0.05) is 0 Å². The molecule has 0 heterocycles. The summed E-state index contributed by atoms with van der Waals surface area (Å²) in [7, 11) is 0. The van der Waals surface area contributed by atoms with Crippen molar-refractivity contribution in [1.29, 1.82) is 0 Å². The fourth-order valence-electron chi connectivity index (χ4n) is 7.11. The second kappa shape index (κ2) is 48.8. The predicted octanol–water partition coefficient (Wildman–Crippen LogP) is 14.8. The summed E-state index contributed by atoms with van der Waals surface area (Å²) >= 11 is -4.55. The van der Waals surface area contributed by atoms with Crippen LogP contribution >= 0.6 is 0 Å². The Labute approximate surface area is 387 Å². The van der Waals surface area contributed by atoms with E-state index in [-0.39, 0.29) is 13.2 Å². The summed E-state index contributed by atoms with van der Waals surface area (Å²) in [4.78, 5) is 38.0. The van der Waals surface area contributed by atoms with E-state index in [2.05, 4.69) is 27.7 Å². The first-order valence-electron chi connectivity index (χ1n) is 25.8. The van der Waals surface area contributed by atoms with Crippen LogP contribution in [0.2, 0.25) is 4.44 Å². The Morgan fingerprint density at radius 1 is 0.355 bits per heavy atom. The second-order valence-electron chi connectivity index (χ2n) is 17.0. The van der Waals surface area contributed by atoms with E-state index in [9.17, 15) is 14.4 Å². The number of ether oxygens (including phenoxy) is 3. The zero-order valence-electron chi connectivity index (χ0n) is 40.7. The van der Waals surface area contributed by atoms with Crippen LogP contribution in [0.3, 0.4) is 0 Å². The summed E-state index contributed by atoms with van der Waals surface area (Å²) in [5, 5.41) is 0. The number of rotatable bonds is 48. The minimum atomic E-state index is -4.55. The topological polar surface area (TPSA) is 107 Å². The summed E-state index contributed by atoms with van der Waals surface area (Å²) < 4.78 is 35.6. The first kappa shape index (κ1) is 60.3. The van der Waals surface area contributed by atoms with Crippen molar-refractivity contribution in [3.05, 3.63) is 36.5 Å². The summed E-state index contributed by atoms with van der Waals surface area (Å²) in [6.45, 7) is 11.0. The maximum absolute atomic E-state index is 13.1. The van der Waals surface area contributed by atoms with Gasteiger partial charge < -0.3 is 0 Å². The fourth-order valence-corrected chi connectivity index (χ4v) is 14.1. The van der Waals surface area contributed by atoms with Crippen LogP contribution in [0.5, 0.6) is 0 Å². The molecule has 0 aliphatic rings. The molecule has 0 aromatic rings. The molecular formula is C52H96O9Sn. The average Bonchev–Trinajstić information content (AvgIpc) is 3.27. The van der Waals surface area contributed by atoms with Crippen LogP contribution in [0, 0.1) is 0 Å². The molecule has 0 N–H and O–H groups in total. The SMILES string of the molecule is CCCCCCCCCCCCOC/C=C\C[O][Sn]([CH2]CCC)([O]C/C=C\C(=O)OCCCCCCCCCCCC)[O]C(=O)/C=C\C(=O)OCCCCCCCCCCCC. The van der Waals surface area contributed by atoms with Crippen LogP contribution in [0.15, 0.2) is 36.5 Å². The molecule has 0 saturated heterocycles. The molecule has 0 aliphatic carbocycles. The van der Waals surface area contributed by atoms with Gasteiger partial charge in [-0.15, -0.1) is 0 Å². The van der Waals surface area contributed by atoms with Crippen molar-refractivity contribution in [2.24, 2.45) is 0 Å². The first-order chi connectivity index (χ1) is 30.4. The van der Waals surface area contributed by atoms with Crippen LogP contribution < -0.4 is 0 Å². The first-order valence-corrected chi connectivity index (χ1v) is 31.4. The molecule has 62 heavy (non-hydrogen) atoms. The Balaban J connectivity index is 4.96. The van der Waals surface area contributed by atoms with Gasteiger partial charge in [0.15, 0.2) is 0 Å². The van der Waals surface area contributed by atoms with Crippen LogP contribution in [-0.2, 0) is 37.8 Å². The third-order valence-corrected chi connectivity index (χ3v) is 18.7. The van der Waals surface area contributed by atoms with Gasteiger partial charge in [0.1, 0.15) is 0 Å². The van der Waals surface area contributed by atoms with Gasteiger partial charge in [0.25, 0.3) is 0 Å². The molecule has 0 aromatic heterocycles. The van der Waals surface area contributed by atoms with Gasteiger partial charge in [0.2, 0.25) is 0 Å². The zero-order valence-corrected chi connectivity index (χ0v) is 43.6. The Hall–Kier alpha value is -1.69. The summed E-state index contributed by atoms with van der Waals surface area (Å²) in [5.74, 6) is -1.69. The Morgan fingerprint density at radius 2 is 0.694 bits per heavy atom. The van der Waals surface area contributed by atoms with Crippen molar-refractivity contribution in [3.63, 3.8) is 0 Å². The van der Waals surface area contributed by atoms with Crippen molar-refractivity contribution in [2.75, 3.05) is 39.6 Å². The molecule has 0 radical (unpaired) electrons. The van der Waals surface area contributed by atoms with Crippen molar-refractivity contribution < 1.29 is 37.8 Å². The number of hydrogen-bond acceptors (Lipinski definition) is 9. The standard InChI is InChI=1S/C16H28O4.C16H29O3.C16H31O2.C4H9.Sn/c1-2-3-4-5-6-7-8-9-10-11-14-20-16(19)13-12-15(17)18;1-2-3-4-5-6-7-8-9-10-11-15-19-16(18)13-12-14-17;1-2-3-4-5-6-7-8-9-10-12-15-18-16-13-11-14-17;1-3-4-2;/h12-13H,2-11,14H2,1H3,(H,17,18);12-13H,2-11,14-15H2,1H3;11,13H,2-10,12,14-16H2,1H3;1,3-4H2,2H3;/q;2*-1;;+3/p-1/b2*13-12-;13-11-;;. The second-order valence-corrected chi connectivity index (χ2v) is 24.5. The number of unbranched alkanes of at least 4 members (excludes halogenated alkanes) is 28. The molecular weight excluding hydrogens is 887 g/mol. The molecule has 0 saturated carbocycles. The van der Waals surface area contributed by atoms with E-state index in [1.807, 2.05) is 12.2 Å². The normalized spacial score (nSPS) is 12.8. The van der Waals surface area contributed by atoms with Gasteiger partial charge in [0.05, 0.1) is 0 Å². The maximum atomic E-state index is 13.1. The molecule has 0 aromatic carbocycles. The fraction of sp³-hybridized carbons (Fsp3) is 0.827. The molecule has 0 rings (SSSR count). The molecule has 0 spiro atoms. The van der Waals surface area contributed by atoms with Crippen molar-refractivity contribution in [3.8, 4) is 0 Å². The number of esters is 2.